The van der Waals surface area contributed by atoms with Crippen molar-refractivity contribution in [2.24, 2.45) is 0 Å². The lowest BCUT2D eigenvalue weighted by Crippen LogP contribution is -2.07. The summed E-state index contributed by atoms with van der Waals surface area (Å²) < 4.78 is 13.7. The Labute approximate surface area is 147 Å². The Morgan fingerprint density at radius 2 is 1.48 bits per heavy atom. The quantitative estimate of drug-likeness (QED) is 0.698. The summed E-state index contributed by atoms with van der Waals surface area (Å²) in [5.41, 5.74) is 3.02. The first-order valence-electron chi connectivity index (χ1n) is 8.22. The minimum atomic E-state index is -0.224. The van der Waals surface area contributed by atoms with Crippen LogP contribution in [0.5, 0.6) is 0 Å². The van der Waals surface area contributed by atoms with Gasteiger partial charge in [-0.05, 0) is 25.5 Å². The van der Waals surface area contributed by atoms with Crippen molar-refractivity contribution in [2.45, 2.75) is 26.9 Å². The first-order chi connectivity index (χ1) is 12.1. The Kier molecular flexibility index (Phi) is 5.23. The normalized spacial score (nSPS) is 10.5. The molecule has 2 aromatic carbocycles. The Morgan fingerprint density at radius 3 is 2.16 bits per heavy atom. The van der Waals surface area contributed by atoms with Gasteiger partial charge in [0, 0.05) is 24.7 Å². The molecule has 4 nitrogen and oxygen atoms in total. The van der Waals surface area contributed by atoms with E-state index in [2.05, 4.69) is 51.8 Å². The third-order valence-corrected chi connectivity index (χ3v) is 3.85. The molecule has 0 aliphatic rings. The minimum Gasteiger partial charge on any atom is -0.366 e. The molecule has 3 rings (SSSR count). The van der Waals surface area contributed by atoms with E-state index in [1.54, 1.807) is 12.1 Å². The molecule has 25 heavy (non-hydrogen) atoms. The molecule has 1 heterocycles. The highest BCUT2D eigenvalue weighted by molar-refractivity contribution is 5.48. The number of nitrogens with zero attached hydrogens (tertiary/aromatic N) is 2. The van der Waals surface area contributed by atoms with E-state index < -0.39 is 0 Å². The van der Waals surface area contributed by atoms with Crippen molar-refractivity contribution < 1.29 is 4.39 Å². The Balaban J connectivity index is 1.65. The number of anilines is 2. The predicted octanol–water partition coefficient (Wildman–Crippen LogP) is 4.46. The summed E-state index contributed by atoms with van der Waals surface area (Å²) >= 11 is 0. The average molecular weight is 336 g/mol. The summed E-state index contributed by atoms with van der Waals surface area (Å²) in [6.07, 6.45) is 0. The largest absolute Gasteiger partial charge is 0.366 e. The second-order valence-corrected chi connectivity index (χ2v) is 5.97. The van der Waals surface area contributed by atoms with E-state index in [4.69, 9.17) is 0 Å². The summed E-state index contributed by atoms with van der Waals surface area (Å²) in [7, 11) is 0. The van der Waals surface area contributed by atoms with Crippen molar-refractivity contribution in [1.29, 1.82) is 0 Å². The molecular formula is C20H21FN4. The zero-order valence-corrected chi connectivity index (χ0v) is 14.4. The molecule has 0 saturated carbocycles. The molecule has 0 amide bonds. The lowest BCUT2D eigenvalue weighted by molar-refractivity contribution is 0.613. The van der Waals surface area contributed by atoms with Gasteiger partial charge >= 0.3 is 0 Å². The van der Waals surface area contributed by atoms with Gasteiger partial charge in [-0.15, -0.1) is 0 Å². The number of hydrogen-bond acceptors (Lipinski definition) is 4. The van der Waals surface area contributed by atoms with Crippen molar-refractivity contribution in [3.63, 3.8) is 0 Å². The van der Waals surface area contributed by atoms with Gasteiger partial charge in [-0.1, -0.05) is 48.0 Å². The Bertz CT molecular complexity index is 847. The molecule has 0 radical (unpaired) electrons. The number of halogens is 1. The zero-order chi connectivity index (χ0) is 17.6. The predicted molar refractivity (Wildman–Crippen MR) is 99.0 cm³/mol. The molecule has 3 aromatic rings. The highest BCUT2D eigenvalue weighted by atomic mass is 19.1. The molecule has 5 heteroatoms. The molecule has 0 saturated heterocycles. The summed E-state index contributed by atoms with van der Waals surface area (Å²) in [5, 5.41) is 6.46. The van der Waals surface area contributed by atoms with Gasteiger partial charge in [0.05, 0.1) is 0 Å². The van der Waals surface area contributed by atoms with Crippen LogP contribution in [0.25, 0.3) is 0 Å². The monoisotopic (exact) mass is 336 g/mol. The van der Waals surface area contributed by atoms with Crippen LogP contribution in [0.3, 0.4) is 0 Å². The second kappa shape index (κ2) is 7.75. The maximum atomic E-state index is 13.7. The van der Waals surface area contributed by atoms with Crippen molar-refractivity contribution in [2.75, 3.05) is 10.6 Å². The SMILES string of the molecule is Cc1ccc(CNc2cc(NCc3ccccc3F)nc(C)n2)cc1. The van der Waals surface area contributed by atoms with Crippen LogP contribution in [0.4, 0.5) is 16.0 Å². The number of aryl methyl sites for hydroxylation is 2. The van der Waals surface area contributed by atoms with E-state index >= 15 is 0 Å². The first-order valence-corrected chi connectivity index (χ1v) is 8.22. The van der Waals surface area contributed by atoms with E-state index in [9.17, 15) is 4.39 Å². The molecule has 0 bridgehead atoms. The number of aromatic nitrogens is 2. The third kappa shape index (κ3) is 4.76. The van der Waals surface area contributed by atoms with Crippen molar-refractivity contribution in [3.8, 4) is 0 Å². The summed E-state index contributed by atoms with van der Waals surface area (Å²) in [5.74, 6) is 1.84. The molecule has 0 aliphatic heterocycles. The maximum absolute atomic E-state index is 13.7. The summed E-state index contributed by atoms with van der Waals surface area (Å²) in [6, 6.07) is 16.9. The van der Waals surface area contributed by atoms with E-state index in [0.29, 0.717) is 30.3 Å². The van der Waals surface area contributed by atoms with Crippen LogP contribution in [0.2, 0.25) is 0 Å². The fourth-order valence-electron chi connectivity index (χ4n) is 2.47. The summed E-state index contributed by atoms with van der Waals surface area (Å²) in [6.45, 7) is 4.97. The number of benzene rings is 2. The van der Waals surface area contributed by atoms with Gasteiger partial charge in [0.2, 0.25) is 0 Å². The topological polar surface area (TPSA) is 49.8 Å². The minimum absolute atomic E-state index is 0.224. The number of rotatable bonds is 6. The van der Waals surface area contributed by atoms with Crippen LogP contribution in [0, 0.1) is 19.7 Å². The van der Waals surface area contributed by atoms with Gasteiger partial charge in [0.15, 0.2) is 0 Å². The van der Waals surface area contributed by atoms with E-state index in [1.165, 1.54) is 17.2 Å². The Morgan fingerprint density at radius 1 is 0.840 bits per heavy atom. The molecule has 0 spiro atoms. The van der Waals surface area contributed by atoms with Crippen LogP contribution >= 0.6 is 0 Å². The van der Waals surface area contributed by atoms with E-state index in [-0.39, 0.29) is 5.82 Å². The van der Waals surface area contributed by atoms with Gasteiger partial charge in [0.1, 0.15) is 23.3 Å². The van der Waals surface area contributed by atoms with Crippen LogP contribution in [0.1, 0.15) is 22.5 Å². The van der Waals surface area contributed by atoms with Crippen LogP contribution in [0.15, 0.2) is 54.6 Å². The summed E-state index contributed by atoms with van der Waals surface area (Å²) in [4.78, 5) is 8.76. The molecule has 0 fully saturated rings. The average Bonchev–Trinajstić information content (AvgIpc) is 2.60. The third-order valence-electron chi connectivity index (χ3n) is 3.85. The highest BCUT2D eigenvalue weighted by Gasteiger charge is 2.04. The molecule has 0 atom stereocenters. The van der Waals surface area contributed by atoms with Crippen molar-refractivity contribution in [3.05, 3.63) is 82.9 Å². The zero-order valence-electron chi connectivity index (χ0n) is 14.4. The lowest BCUT2D eigenvalue weighted by Gasteiger charge is -2.11. The van der Waals surface area contributed by atoms with Gasteiger partial charge in [0.25, 0.3) is 0 Å². The molecule has 2 N–H and O–H groups in total. The molecular weight excluding hydrogens is 315 g/mol. The van der Waals surface area contributed by atoms with Gasteiger partial charge in [-0.25, -0.2) is 14.4 Å². The van der Waals surface area contributed by atoms with Gasteiger partial charge in [-0.3, -0.25) is 0 Å². The van der Waals surface area contributed by atoms with Crippen molar-refractivity contribution in [1.82, 2.24) is 9.97 Å². The fourth-order valence-corrected chi connectivity index (χ4v) is 2.47. The van der Waals surface area contributed by atoms with E-state index in [0.717, 1.165) is 5.82 Å². The van der Waals surface area contributed by atoms with Crippen LogP contribution in [-0.4, -0.2) is 9.97 Å². The molecule has 0 unspecified atom stereocenters. The van der Waals surface area contributed by atoms with Crippen molar-refractivity contribution >= 4 is 11.6 Å². The van der Waals surface area contributed by atoms with Crippen LogP contribution < -0.4 is 10.6 Å². The number of nitrogens with one attached hydrogen (secondary N) is 2. The molecule has 128 valence electrons. The number of hydrogen-bond donors (Lipinski definition) is 2. The molecule has 1 aromatic heterocycles. The first kappa shape index (κ1) is 16.9. The van der Waals surface area contributed by atoms with Crippen LogP contribution in [-0.2, 0) is 13.1 Å². The lowest BCUT2D eigenvalue weighted by atomic mass is 10.1. The van der Waals surface area contributed by atoms with E-state index in [1.807, 2.05) is 19.1 Å². The van der Waals surface area contributed by atoms with Gasteiger partial charge in [-0.2, -0.15) is 0 Å². The standard InChI is InChI=1S/C20H21FN4/c1-14-7-9-16(10-8-14)12-22-19-11-20(25-15(2)24-19)23-13-17-5-3-4-6-18(17)21/h3-11H,12-13H2,1-2H3,(H2,22,23,24,25). The maximum Gasteiger partial charge on any atom is 0.132 e. The second-order valence-electron chi connectivity index (χ2n) is 5.97. The highest BCUT2D eigenvalue weighted by Crippen LogP contribution is 2.15. The fraction of sp³-hybridized carbons (Fsp3) is 0.200. The Hall–Kier alpha value is -2.95. The molecule has 0 aliphatic carbocycles. The van der Waals surface area contributed by atoms with Gasteiger partial charge < -0.3 is 10.6 Å². The smallest absolute Gasteiger partial charge is 0.132 e.